The number of aromatic nitrogens is 2. The van der Waals surface area contributed by atoms with Gasteiger partial charge in [-0.25, -0.2) is 9.83 Å². The Kier molecular flexibility index (Phi) is 5.94. The summed E-state index contributed by atoms with van der Waals surface area (Å²) in [5, 5.41) is 12.0. The third-order valence-corrected chi connectivity index (χ3v) is 10.00. The lowest BCUT2D eigenvalue weighted by Gasteiger charge is -2.20. The quantitative estimate of drug-likeness (QED) is 0.142. The smallest absolute Gasteiger partial charge is 0.188 e. The first-order valence-electron chi connectivity index (χ1n) is 16.5. The van der Waals surface area contributed by atoms with Gasteiger partial charge >= 0.3 is 0 Å². The summed E-state index contributed by atoms with van der Waals surface area (Å²) in [5.41, 5.74) is 7.60. The monoisotopic (exact) mass is 621 g/mol. The lowest BCUT2D eigenvalue weighted by Crippen LogP contribution is -1.96. The minimum absolute atomic E-state index is 0.626. The van der Waals surface area contributed by atoms with Crippen molar-refractivity contribution in [2.45, 2.75) is 0 Å². The molecule has 0 aliphatic heterocycles. The van der Waals surface area contributed by atoms with Gasteiger partial charge in [-0.15, -0.1) is 0 Å². The van der Waals surface area contributed by atoms with Crippen LogP contribution in [0.2, 0.25) is 0 Å². The van der Waals surface area contributed by atoms with Gasteiger partial charge < -0.3 is 0 Å². The van der Waals surface area contributed by atoms with Crippen LogP contribution < -0.4 is 0 Å². The fourth-order valence-electron chi connectivity index (χ4n) is 7.96. The van der Waals surface area contributed by atoms with Gasteiger partial charge in [-0.2, -0.15) is 0 Å². The van der Waals surface area contributed by atoms with E-state index >= 15 is 0 Å². The highest BCUT2D eigenvalue weighted by Crippen LogP contribution is 2.48. The van der Waals surface area contributed by atoms with E-state index in [1.165, 1.54) is 59.8 Å². The first-order chi connectivity index (χ1) is 24.3. The predicted molar refractivity (Wildman–Crippen MR) is 206 cm³/mol. The second-order valence-electron chi connectivity index (χ2n) is 12.6. The second kappa shape index (κ2) is 10.6. The van der Waals surface area contributed by atoms with E-state index in [0.717, 1.165) is 33.2 Å². The molecule has 10 aromatic rings. The van der Waals surface area contributed by atoms with Gasteiger partial charge in [-0.1, -0.05) is 115 Å². The Balaban J connectivity index is 1.34. The Morgan fingerprint density at radius 3 is 1.53 bits per heavy atom. The molecule has 0 N–H and O–H groups in total. The van der Waals surface area contributed by atoms with E-state index in [0.29, 0.717) is 5.69 Å². The SMILES string of the molecule is [C-]#[N+]c1ccc2c(c1)c1cc(-c3c4ccccc4c(-c4c5ccccc5cc5ccccc45)c4ccccc34)ccc1n2-c1ccccn1. The topological polar surface area (TPSA) is 22.2 Å². The lowest BCUT2D eigenvalue weighted by molar-refractivity contribution is 1.08. The van der Waals surface area contributed by atoms with Gasteiger partial charge in [0.1, 0.15) is 5.82 Å². The van der Waals surface area contributed by atoms with Crippen LogP contribution in [0.5, 0.6) is 0 Å². The van der Waals surface area contributed by atoms with E-state index in [2.05, 4.69) is 131 Å². The van der Waals surface area contributed by atoms with E-state index in [-0.39, 0.29) is 0 Å². The molecule has 2 aromatic heterocycles. The molecule has 0 bridgehead atoms. The van der Waals surface area contributed by atoms with Crippen LogP contribution in [0.3, 0.4) is 0 Å². The third kappa shape index (κ3) is 4.05. The van der Waals surface area contributed by atoms with Crippen LogP contribution in [-0.2, 0) is 0 Å². The zero-order valence-electron chi connectivity index (χ0n) is 26.4. The number of pyridine rings is 1. The molecule has 0 saturated carbocycles. The normalized spacial score (nSPS) is 11.7. The van der Waals surface area contributed by atoms with Crippen molar-refractivity contribution >= 4 is 70.6 Å². The molecule has 3 heteroatoms. The highest BCUT2D eigenvalue weighted by atomic mass is 15.1. The zero-order chi connectivity index (χ0) is 32.5. The van der Waals surface area contributed by atoms with Crippen LogP contribution in [0.1, 0.15) is 0 Å². The first-order valence-corrected chi connectivity index (χ1v) is 16.5. The van der Waals surface area contributed by atoms with Gasteiger partial charge in [0.05, 0.1) is 17.6 Å². The van der Waals surface area contributed by atoms with Crippen molar-refractivity contribution in [2.24, 2.45) is 0 Å². The van der Waals surface area contributed by atoms with Crippen LogP contribution in [0.25, 0.3) is 97.8 Å². The highest BCUT2D eigenvalue weighted by molar-refractivity contribution is 6.27. The molecular formula is C46H27N3. The van der Waals surface area contributed by atoms with Crippen LogP contribution in [0, 0.1) is 6.57 Å². The molecule has 226 valence electrons. The zero-order valence-corrected chi connectivity index (χ0v) is 26.4. The number of hydrogen-bond donors (Lipinski definition) is 0. The van der Waals surface area contributed by atoms with Crippen LogP contribution in [-0.4, -0.2) is 9.55 Å². The molecule has 10 rings (SSSR count). The highest BCUT2D eigenvalue weighted by Gasteiger charge is 2.21. The molecule has 3 nitrogen and oxygen atoms in total. The van der Waals surface area contributed by atoms with Crippen molar-refractivity contribution in [3.63, 3.8) is 0 Å². The molecule has 8 aromatic carbocycles. The minimum Gasteiger partial charge on any atom is -0.294 e. The van der Waals surface area contributed by atoms with Crippen molar-refractivity contribution in [3.8, 4) is 28.1 Å². The van der Waals surface area contributed by atoms with Crippen molar-refractivity contribution in [1.29, 1.82) is 0 Å². The van der Waals surface area contributed by atoms with Gasteiger partial charge in [0.15, 0.2) is 5.69 Å². The fraction of sp³-hybridized carbons (Fsp3) is 0. The largest absolute Gasteiger partial charge is 0.294 e. The summed E-state index contributed by atoms with van der Waals surface area (Å²) in [4.78, 5) is 8.49. The van der Waals surface area contributed by atoms with E-state index in [9.17, 15) is 0 Å². The maximum Gasteiger partial charge on any atom is 0.188 e. The summed E-state index contributed by atoms with van der Waals surface area (Å²) < 4.78 is 2.20. The van der Waals surface area contributed by atoms with E-state index in [4.69, 9.17) is 11.6 Å². The van der Waals surface area contributed by atoms with E-state index < -0.39 is 0 Å². The Bertz CT molecular complexity index is 2890. The van der Waals surface area contributed by atoms with Gasteiger partial charge in [-0.3, -0.25) is 4.57 Å². The summed E-state index contributed by atoms with van der Waals surface area (Å²) in [6.07, 6.45) is 1.83. The molecule has 0 atom stereocenters. The first kappa shape index (κ1) is 27.4. The molecule has 0 radical (unpaired) electrons. The van der Waals surface area contributed by atoms with Crippen molar-refractivity contribution in [3.05, 3.63) is 175 Å². The third-order valence-electron chi connectivity index (χ3n) is 10.00. The molecule has 0 aliphatic carbocycles. The van der Waals surface area contributed by atoms with Gasteiger partial charge in [0.2, 0.25) is 0 Å². The molecule has 49 heavy (non-hydrogen) atoms. The Hall–Kier alpha value is -6.76. The molecular weight excluding hydrogens is 595 g/mol. The lowest BCUT2D eigenvalue weighted by atomic mass is 9.83. The van der Waals surface area contributed by atoms with Crippen LogP contribution in [0.4, 0.5) is 5.69 Å². The second-order valence-corrected chi connectivity index (χ2v) is 12.6. The van der Waals surface area contributed by atoms with Crippen LogP contribution >= 0.6 is 0 Å². The Morgan fingerprint density at radius 2 is 0.939 bits per heavy atom. The van der Waals surface area contributed by atoms with Crippen molar-refractivity contribution in [2.75, 3.05) is 0 Å². The number of fused-ring (bicyclic) bond motifs is 7. The van der Waals surface area contributed by atoms with E-state index in [1.807, 2.05) is 42.6 Å². The Labute approximate surface area is 282 Å². The molecule has 0 saturated heterocycles. The summed E-state index contributed by atoms with van der Waals surface area (Å²) >= 11 is 0. The number of rotatable bonds is 3. The number of nitrogens with zero attached hydrogens (tertiary/aromatic N) is 3. The summed E-state index contributed by atoms with van der Waals surface area (Å²) in [6, 6.07) is 56.3. The van der Waals surface area contributed by atoms with Gasteiger partial charge in [0, 0.05) is 11.6 Å². The van der Waals surface area contributed by atoms with Gasteiger partial charge in [0.25, 0.3) is 0 Å². The summed E-state index contributed by atoms with van der Waals surface area (Å²) in [6.45, 7) is 7.75. The number of hydrogen-bond acceptors (Lipinski definition) is 1. The van der Waals surface area contributed by atoms with E-state index in [1.54, 1.807) is 0 Å². The molecule has 0 spiro atoms. The fourth-order valence-corrected chi connectivity index (χ4v) is 7.96. The molecule has 0 fully saturated rings. The van der Waals surface area contributed by atoms with Gasteiger partial charge in [-0.05, 0) is 113 Å². The molecule has 0 aliphatic rings. The summed E-state index contributed by atoms with van der Waals surface area (Å²) in [7, 11) is 0. The predicted octanol–water partition coefficient (Wildman–Crippen LogP) is 12.7. The average molecular weight is 622 g/mol. The van der Waals surface area contributed by atoms with Crippen molar-refractivity contribution < 1.29 is 0 Å². The standard InChI is InChI=1S/C46H27N3/c1-47-32-22-24-42-40(28-32)39-27-31(21-23-41(39)49(42)43-20-10-11-25-48-43)44-35-16-6-8-18-37(35)46(38-19-9-7-17-36(38)44)45-33-14-4-2-12-29(33)26-30-13-3-5-15-34(30)45/h2-28H. The maximum absolute atomic E-state index is 7.75. The molecule has 0 unspecified atom stereocenters. The number of benzene rings is 8. The van der Waals surface area contributed by atoms with Crippen LogP contribution in [0.15, 0.2) is 164 Å². The molecule has 2 heterocycles. The Morgan fingerprint density at radius 1 is 0.429 bits per heavy atom. The minimum atomic E-state index is 0.626. The molecule has 0 amide bonds. The summed E-state index contributed by atoms with van der Waals surface area (Å²) in [5.74, 6) is 0.855. The average Bonchev–Trinajstić information content (AvgIpc) is 3.49. The maximum atomic E-state index is 7.75. The van der Waals surface area contributed by atoms with Crippen molar-refractivity contribution in [1.82, 2.24) is 9.55 Å².